The van der Waals surface area contributed by atoms with Crippen LogP contribution >= 0.6 is 0 Å². The van der Waals surface area contributed by atoms with Gasteiger partial charge in [0.2, 0.25) is 0 Å². The molecule has 0 saturated heterocycles. The normalized spacial score (nSPS) is 10.6. The lowest BCUT2D eigenvalue weighted by molar-refractivity contribution is 0.588. The summed E-state index contributed by atoms with van der Waals surface area (Å²) in [6, 6.07) is 8.71. The monoisotopic (exact) mass is 235 g/mol. The molecule has 0 spiro atoms. The summed E-state index contributed by atoms with van der Waals surface area (Å²) in [4.78, 5) is 0. The number of aryl methyl sites for hydroxylation is 1. The van der Waals surface area contributed by atoms with Crippen molar-refractivity contribution in [2.24, 2.45) is 0 Å². The zero-order valence-electron chi connectivity index (χ0n) is 9.23. The minimum absolute atomic E-state index is 0.199. The fourth-order valence-electron chi connectivity index (χ4n) is 1.70. The van der Waals surface area contributed by atoms with E-state index >= 15 is 0 Å². The largest absolute Gasteiger partial charge is 0.206 e. The summed E-state index contributed by atoms with van der Waals surface area (Å²) >= 11 is 0. The maximum absolute atomic E-state index is 13.5. The van der Waals surface area contributed by atoms with Crippen LogP contribution in [0.25, 0.3) is 11.1 Å². The SMILES string of the molecule is CCc1[c]c(F)cc(-c2c(F)cccc2F)c1. The van der Waals surface area contributed by atoms with Gasteiger partial charge in [-0.2, -0.15) is 0 Å². The zero-order valence-corrected chi connectivity index (χ0v) is 9.23. The third-order valence-corrected chi connectivity index (χ3v) is 2.52. The molecule has 0 heterocycles. The van der Waals surface area contributed by atoms with Crippen molar-refractivity contribution in [2.45, 2.75) is 13.3 Å². The highest BCUT2D eigenvalue weighted by molar-refractivity contribution is 5.65. The van der Waals surface area contributed by atoms with Gasteiger partial charge in [0.05, 0.1) is 5.56 Å². The van der Waals surface area contributed by atoms with Gasteiger partial charge in [0.25, 0.3) is 0 Å². The Morgan fingerprint density at radius 3 is 2.29 bits per heavy atom. The number of halogens is 3. The van der Waals surface area contributed by atoms with Crippen molar-refractivity contribution >= 4 is 0 Å². The average molecular weight is 235 g/mol. The Kier molecular flexibility index (Phi) is 3.18. The van der Waals surface area contributed by atoms with Crippen molar-refractivity contribution < 1.29 is 13.2 Å². The second-order valence-corrected chi connectivity index (χ2v) is 3.69. The van der Waals surface area contributed by atoms with E-state index in [-0.39, 0.29) is 11.1 Å². The molecule has 0 fully saturated rings. The fourth-order valence-corrected chi connectivity index (χ4v) is 1.70. The van der Waals surface area contributed by atoms with Crippen LogP contribution in [0.2, 0.25) is 0 Å². The summed E-state index contributed by atoms with van der Waals surface area (Å²) in [5, 5.41) is 0. The molecule has 0 aliphatic heterocycles. The highest BCUT2D eigenvalue weighted by atomic mass is 19.1. The lowest BCUT2D eigenvalue weighted by atomic mass is 10.0. The predicted octanol–water partition coefficient (Wildman–Crippen LogP) is 4.13. The van der Waals surface area contributed by atoms with Gasteiger partial charge >= 0.3 is 0 Å². The second-order valence-electron chi connectivity index (χ2n) is 3.69. The minimum atomic E-state index is -0.697. The number of hydrogen-bond acceptors (Lipinski definition) is 0. The highest BCUT2D eigenvalue weighted by Crippen LogP contribution is 2.27. The summed E-state index contributed by atoms with van der Waals surface area (Å²) in [5.41, 5.74) is 0.589. The fraction of sp³-hybridized carbons (Fsp3) is 0.143. The van der Waals surface area contributed by atoms with E-state index in [0.717, 1.165) is 18.2 Å². The average Bonchev–Trinajstić information content (AvgIpc) is 2.28. The molecule has 1 radical (unpaired) electrons. The zero-order chi connectivity index (χ0) is 12.4. The van der Waals surface area contributed by atoms with Gasteiger partial charge in [-0.15, -0.1) is 0 Å². The van der Waals surface area contributed by atoms with Crippen LogP contribution in [-0.4, -0.2) is 0 Å². The van der Waals surface area contributed by atoms with E-state index in [0.29, 0.717) is 12.0 Å². The summed E-state index contributed by atoms with van der Waals surface area (Å²) in [7, 11) is 0. The Labute approximate surface area is 97.7 Å². The topological polar surface area (TPSA) is 0 Å². The van der Waals surface area contributed by atoms with Crippen LogP contribution in [0.3, 0.4) is 0 Å². The molecule has 0 amide bonds. The molecule has 17 heavy (non-hydrogen) atoms. The van der Waals surface area contributed by atoms with Crippen LogP contribution in [0.5, 0.6) is 0 Å². The molecule has 0 saturated carbocycles. The van der Waals surface area contributed by atoms with Gasteiger partial charge in [-0.3, -0.25) is 0 Å². The summed E-state index contributed by atoms with van der Waals surface area (Å²) in [6.07, 6.45) is 0.556. The Bertz CT molecular complexity index is 527. The lowest BCUT2D eigenvalue weighted by Gasteiger charge is -2.07. The third kappa shape index (κ3) is 2.33. The molecular weight excluding hydrogens is 225 g/mol. The standard InChI is InChI=1S/C14H10F3/c1-2-9-6-10(8-11(15)7-9)14-12(16)4-3-5-13(14)17/h3-6,8H,2H2,1H3. The Morgan fingerprint density at radius 1 is 1.06 bits per heavy atom. The van der Waals surface area contributed by atoms with Gasteiger partial charge in [-0.1, -0.05) is 19.1 Å². The first-order chi connectivity index (χ1) is 8.11. The molecule has 2 rings (SSSR count). The van der Waals surface area contributed by atoms with Gasteiger partial charge in [0, 0.05) is 6.07 Å². The first kappa shape index (κ1) is 11.7. The molecule has 0 bridgehead atoms. The van der Waals surface area contributed by atoms with Crippen LogP contribution in [-0.2, 0) is 6.42 Å². The van der Waals surface area contributed by atoms with E-state index in [1.165, 1.54) is 6.07 Å². The maximum atomic E-state index is 13.5. The van der Waals surface area contributed by atoms with Crippen LogP contribution in [0.15, 0.2) is 30.3 Å². The van der Waals surface area contributed by atoms with Crippen molar-refractivity contribution in [1.82, 2.24) is 0 Å². The lowest BCUT2D eigenvalue weighted by Crippen LogP contribution is -1.93. The molecule has 3 heteroatoms. The Balaban J connectivity index is 2.64. The molecule has 2 aromatic carbocycles. The van der Waals surface area contributed by atoms with Crippen LogP contribution < -0.4 is 0 Å². The van der Waals surface area contributed by atoms with E-state index in [2.05, 4.69) is 6.07 Å². The molecular formula is C14H10F3. The van der Waals surface area contributed by atoms with E-state index in [1.807, 2.05) is 6.92 Å². The Hall–Kier alpha value is -1.77. The quantitative estimate of drug-likeness (QED) is 0.734. The van der Waals surface area contributed by atoms with Gasteiger partial charge in [0.1, 0.15) is 17.5 Å². The minimum Gasteiger partial charge on any atom is -0.206 e. The number of rotatable bonds is 2. The van der Waals surface area contributed by atoms with E-state index in [4.69, 9.17) is 0 Å². The van der Waals surface area contributed by atoms with Crippen molar-refractivity contribution in [3.05, 3.63) is 59.4 Å². The maximum Gasteiger partial charge on any atom is 0.133 e. The van der Waals surface area contributed by atoms with Crippen LogP contribution in [0, 0.1) is 23.5 Å². The van der Waals surface area contributed by atoms with Crippen molar-refractivity contribution in [3.8, 4) is 11.1 Å². The summed E-state index contributed by atoms with van der Waals surface area (Å²) in [5.74, 6) is -2.00. The van der Waals surface area contributed by atoms with E-state index < -0.39 is 17.5 Å². The van der Waals surface area contributed by atoms with Crippen molar-refractivity contribution in [2.75, 3.05) is 0 Å². The number of benzene rings is 2. The molecule has 0 aliphatic rings. The van der Waals surface area contributed by atoms with Crippen LogP contribution in [0.1, 0.15) is 12.5 Å². The first-order valence-corrected chi connectivity index (χ1v) is 5.28. The molecule has 2 aromatic rings. The highest BCUT2D eigenvalue weighted by Gasteiger charge is 2.12. The molecule has 0 N–H and O–H groups in total. The van der Waals surface area contributed by atoms with E-state index in [1.54, 1.807) is 6.07 Å². The summed E-state index contributed by atoms with van der Waals surface area (Å²) < 4.78 is 40.3. The molecule has 0 atom stereocenters. The van der Waals surface area contributed by atoms with E-state index in [9.17, 15) is 13.2 Å². The van der Waals surface area contributed by atoms with Gasteiger partial charge in [0.15, 0.2) is 0 Å². The van der Waals surface area contributed by atoms with Crippen molar-refractivity contribution in [1.29, 1.82) is 0 Å². The molecule has 0 nitrogen and oxygen atoms in total. The van der Waals surface area contributed by atoms with Crippen LogP contribution in [0.4, 0.5) is 13.2 Å². The number of hydrogen-bond donors (Lipinski definition) is 0. The smallest absolute Gasteiger partial charge is 0.133 e. The van der Waals surface area contributed by atoms with Gasteiger partial charge in [-0.05, 0) is 35.7 Å². The third-order valence-electron chi connectivity index (χ3n) is 2.52. The predicted molar refractivity (Wildman–Crippen MR) is 60.0 cm³/mol. The first-order valence-electron chi connectivity index (χ1n) is 5.28. The summed E-state index contributed by atoms with van der Waals surface area (Å²) in [6.45, 7) is 1.83. The van der Waals surface area contributed by atoms with Gasteiger partial charge in [-0.25, -0.2) is 13.2 Å². The second kappa shape index (κ2) is 4.62. The molecule has 0 unspecified atom stereocenters. The van der Waals surface area contributed by atoms with Crippen molar-refractivity contribution in [3.63, 3.8) is 0 Å². The van der Waals surface area contributed by atoms with Gasteiger partial charge < -0.3 is 0 Å². The molecule has 87 valence electrons. The molecule has 0 aliphatic carbocycles. The Morgan fingerprint density at radius 2 is 1.71 bits per heavy atom. The molecule has 0 aromatic heterocycles.